The fraction of sp³-hybridized carbons (Fsp3) is 0.520. The van der Waals surface area contributed by atoms with Gasteiger partial charge in [0.1, 0.15) is 11.6 Å². The van der Waals surface area contributed by atoms with E-state index in [1.54, 1.807) is 12.1 Å². The minimum absolute atomic E-state index is 0.00552. The number of aromatic amines is 1. The Balaban J connectivity index is 2.33. The van der Waals surface area contributed by atoms with Gasteiger partial charge in [-0.1, -0.05) is 52.8 Å². The lowest BCUT2D eigenvalue weighted by Gasteiger charge is -2.29. The second kappa shape index (κ2) is 12.2. The highest BCUT2D eigenvalue weighted by Crippen LogP contribution is 2.20. The van der Waals surface area contributed by atoms with Crippen LogP contribution in [0.25, 0.3) is 0 Å². The number of nitrogens with two attached hydrogens (primary N) is 1. The minimum atomic E-state index is -0.768. The first-order chi connectivity index (χ1) is 16.5. The van der Waals surface area contributed by atoms with Gasteiger partial charge in [-0.15, -0.1) is 0 Å². The molecule has 2 rings (SSSR count). The van der Waals surface area contributed by atoms with Gasteiger partial charge in [0.15, 0.2) is 11.8 Å². The Hall–Kier alpha value is -3.56. The molecule has 192 valence electrons. The van der Waals surface area contributed by atoms with Gasteiger partial charge in [-0.05, 0) is 30.4 Å². The summed E-state index contributed by atoms with van der Waals surface area (Å²) in [5.41, 5.74) is 4.79. The smallest absolute Gasteiger partial charge is 0.330 e. The first kappa shape index (κ1) is 27.7. The maximum atomic E-state index is 13.4. The van der Waals surface area contributed by atoms with Gasteiger partial charge in [0.2, 0.25) is 5.91 Å². The number of anilines is 2. The third-order valence-electron chi connectivity index (χ3n) is 5.30. The number of H-pyrrole nitrogens is 1. The maximum Gasteiger partial charge on any atom is 0.330 e. The van der Waals surface area contributed by atoms with Gasteiger partial charge in [-0.3, -0.25) is 23.9 Å². The zero-order valence-electron chi connectivity index (χ0n) is 21.4. The molecule has 0 fully saturated rings. The average Bonchev–Trinajstić information content (AvgIpc) is 2.79. The number of aromatic nitrogens is 2. The van der Waals surface area contributed by atoms with Crippen molar-refractivity contribution in [2.75, 3.05) is 30.8 Å². The fourth-order valence-corrected chi connectivity index (χ4v) is 3.65. The van der Waals surface area contributed by atoms with Crippen LogP contribution in [0.3, 0.4) is 0 Å². The SMILES string of the molecule is CC[C@@H](Oc1ccccc1)C(=O)N(C)CC(=O)N(CC(C)C)c1c(N)n(CC(C)C)c(=O)[nH]c1=O. The standard InChI is InChI=1S/C25H37N5O5/c1-7-19(35-18-11-9-8-10-12-18)24(33)28(6)15-20(31)29(13-16(2)3)21-22(26)30(14-17(4)5)25(34)27-23(21)32/h8-12,16-17,19H,7,13-15,26H2,1-6H3,(H,27,32,34)/t19-/m1/s1. The largest absolute Gasteiger partial charge is 0.481 e. The molecule has 10 nitrogen and oxygen atoms in total. The quantitative estimate of drug-likeness (QED) is 0.499. The van der Waals surface area contributed by atoms with Gasteiger partial charge < -0.3 is 20.3 Å². The van der Waals surface area contributed by atoms with Crippen molar-refractivity contribution in [2.45, 2.75) is 53.7 Å². The summed E-state index contributed by atoms with van der Waals surface area (Å²) in [5, 5.41) is 0. The van der Waals surface area contributed by atoms with E-state index in [2.05, 4.69) is 4.98 Å². The summed E-state index contributed by atoms with van der Waals surface area (Å²) in [7, 11) is 1.51. The van der Waals surface area contributed by atoms with Crippen molar-refractivity contribution in [3.63, 3.8) is 0 Å². The van der Waals surface area contributed by atoms with E-state index in [4.69, 9.17) is 10.5 Å². The van der Waals surface area contributed by atoms with Gasteiger partial charge in [0.05, 0.1) is 6.54 Å². The Morgan fingerprint density at radius 1 is 1.09 bits per heavy atom. The molecule has 0 saturated heterocycles. The number of amides is 2. The number of likely N-dealkylation sites (N-methyl/N-ethyl adjacent to an activating group) is 1. The molecule has 0 aliphatic carbocycles. The number of benzene rings is 1. The van der Waals surface area contributed by atoms with Crippen LogP contribution in [0.15, 0.2) is 39.9 Å². The zero-order chi connectivity index (χ0) is 26.3. The van der Waals surface area contributed by atoms with Gasteiger partial charge in [-0.2, -0.15) is 0 Å². The number of nitrogen functional groups attached to an aromatic ring is 1. The van der Waals surface area contributed by atoms with Crippen LogP contribution in [-0.4, -0.2) is 52.5 Å². The second-order valence-electron chi connectivity index (χ2n) is 9.42. The third-order valence-corrected chi connectivity index (χ3v) is 5.30. The number of rotatable bonds is 11. The molecule has 10 heteroatoms. The predicted molar refractivity (Wildman–Crippen MR) is 137 cm³/mol. The molecule has 0 saturated carbocycles. The van der Waals surface area contributed by atoms with Crippen LogP contribution in [0.1, 0.15) is 41.0 Å². The number of ether oxygens (including phenoxy) is 1. The summed E-state index contributed by atoms with van der Waals surface area (Å²) in [6, 6.07) is 8.98. The number of nitrogens with zero attached hydrogens (tertiary/aromatic N) is 3. The Bertz CT molecular complexity index is 1120. The fourth-order valence-electron chi connectivity index (χ4n) is 3.65. The molecule has 1 heterocycles. The molecule has 35 heavy (non-hydrogen) atoms. The summed E-state index contributed by atoms with van der Waals surface area (Å²) >= 11 is 0. The number of hydrogen-bond acceptors (Lipinski definition) is 6. The van der Waals surface area contributed by atoms with E-state index in [-0.39, 0.29) is 48.9 Å². The first-order valence-corrected chi connectivity index (χ1v) is 11.9. The van der Waals surface area contributed by atoms with Gasteiger partial charge in [0, 0.05) is 20.1 Å². The molecular formula is C25H37N5O5. The highest BCUT2D eigenvalue weighted by molar-refractivity contribution is 5.98. The van der Waals surface area contributed by atoms with Crippen molar-refractivity contribution >= 4 is 23.3 Å². The number of para-hydroxylation sites is 1. The van der Waals surface area contributed by atoms with Gasteiger partial charge in [-0.25, -0.2) is 4.79 Å². The van der Waals surface area contributed by atoms with Crippen molar-refractivity contribution in [1.82, 2.24) is 14.5 Å². The van der Waals surface area contributed by atoms with Crippen LogP contribution < -0.4 is 26.6 Å². The molecule has 1 aromatic carbocycles. The number of carbonyl (C=O) groups excluding carboxylic acids is 2. The lowest BCUT2D eigenvalue weighted by molar-refractivity contribution is -0.140. The van der Waals surface area contributed by atoms with Crippen LogP contribution in [0.2, 0.25) is 0 Å². The molecule has 0 unspecified atom stereocenters. The molecule has 2 amide bonds. The van der Waals surface area contributed by atoms with E-state index in [9.17, 15) is 19.2 Å². The molecule has 3 N–H and O–H groups in total. The lowest BCUT2D eigenvalue weighted by atomic mass is 10.2. The highest BCUT2D eigenvalue weighted by atomic mass is 16.5. The zero-order valence-corrected chi connectivity index (χ0v) is 21.4. The highest BCUT2D eigenvalue weighted by Gasteiger charge is 2.29. The first-order valence-electron chi connectivity index (χ1n) is 11.9. The molecule has 0 spiro atoms. The Kier molecular flexibility index (Phi) is 9.68. The van der Waals surface area contributed by atoms with Crippen molar-refractivity contribution in [3.8, 4) is 5.75 Å². The van der Waals surface area contributed by atoms with Crippen LogP contribution in [0.5, 0.6) is 5.75 Å². The Morgan fingerprint density at radius 3 is 2.26 bits per heavy atom. The topological polar surface area (TPSA) is 131 Å². The number of nitrogens with one attached hydrogen (secondary N) is 1. The predicted octanol–water partition coefficient (Wildman–Crippen LogP) is 2.08. The average molecular weight is 488 g/mol. The number of hydrogen-bond donors (Lipinski definition) is 2. The molecule has 0 radical (unpaired) electrons. The summed E-state index contributed by atoms with van der Waals surface area (Å²) in [6.07, 6.45) is -0.357. The van der Waals surface area contributed by atoms with Crippen molar-refractivity contribution in [2.24, 2.45) is 11.8 Å². The Morgan fingerprint density at radius 2 is 1.71 bits per heavy atom. The monoisotopic (exact) mass is 487 g/mol. The van der Waals surface area contributed by atoms with E-state index in [1.807, 2.05) is 52.8 Å². The van der Waals surface area contributed by atoms with E-state index in [0.29, 0.717) is 12.2 Å². The lowest BCUT2D eigenvalue weighted by Crippen LogP contribution is -2.49. The summed E-state index contributed by atoms with van der Waals surface area (Å²) in [6.45, 7) is 9.62. The summed E-state index contributed by atoms with van der Waals surface area (Å²) < 4.78 is 7.07. The van der Waals surface area contributed by atoms with Gasteiger partial charge in [0.25, 0.3) is 11.5 Å². The van der Waals surface area contributed by atoms with Crippen molar-refractivity contribution in [3.05, 3.63) is 51.2 Å². The molecule has 1 aromatic heterocycles. The van der Waals surface area contributed by atoms with E-state index in [0.717, 1.165) is 0 Å². The van der Waals surface area contributed by atoms with Crippen LogP contribution in [0, 0.1) is 11.8 Å². The molecule has 0 aliphatic rings. The van der Waals surface area contributed by atoms with E-state index < -0.39 is 23.3 Å². The van der Waals surface area contributed by atoms with Crippen molar-refractivity contribution in [1.29, 1.82) is 0 Å². The summed E-state index contributed by atoms with van der Waals surface area (Å²) in [4.78, 5) is 56.3. The van der Waals surface area contributed by atoms with E-state index in [1.165, 1.54) is 21.4 Å². The third kappa shape index (κ3) is 7.21. The van der Waals surface area contributed by atoms with Crippen LogP contribution in [0.4, 0.5) is 11.5 Å². The Labute approximate surface area is 205 Å². The van der Waals surface area contributed by atoms with Crippen molar-refractivity contribution < 1.29 is 14.3 Å². The van der Waals surface area contributed by atoms with Gasteiger partial charge >= 0.3 is 5.69 Å². The normalized spacial score (nSPS) is 12.0. The molecule has 0 aliphatic heterocycles. The summed E-state index contributed by atoms with van der Waals surface area (Å²) in [5.74, 6) is -0.289. The van der Waals surface area contributed by atoms with Crippen LogP contribution >= 0.6 is 0 Å². The molecule has 2 aromatic rings. The molecular weight excluding hydrogens is 450 g/mol. The minimum Gasteiger partial charge on any atom is -0.481 e. The van der Waals surface area contributed by atoms with Crippen LogP contribution in [-0.2, 0) is 16.1 Å². The maximum absolute atomic E-state index is 13.4. The van der Waals surface area contributed by atoms with E-state index >= 15 is 0 Å². The number of carbonyl (C=O) groups is 2. The second-order valence-corrected chi connectivity index (χ2v) is 9.42. The molecule has 1 atom stereocenters. The molecule has 0 bridgehead atoms.